The van der Waals surface area contributed by atoms with Gasteiger partial charge >= 0.3 is 0 Å². The number of hydrogen-bond donors (Lipinski definition) is 1. The standard InChI is InChI=1S/C16H27N3O/c1-11-4-2-8-19(10-11)15(17)18-13-12-5-9-20-14(12)16(13)6-3-7-16/h11-14H,2-10H2,1H3,(H2,17,18). The van der Waals surface area contributed by atoms with Gasteiger partial charge in [-0.05, 0) is 38.0 Å². The van der Waals surface area contributed by atoms with Crippen LogP contribution >= 0.6 is 0 Å². The monoisotopic (exact) mass is 277 g/mol. The van der Waals surface area contributed by atoms with E-state index in [-0.39, 0.29) is 0 Å². The predicted molar refractivity (Wildman–Crippen MR) is 79.5 cm³/mol. The minimum atomic E-state index is 0.368. The molecule has 0 aromatic rings. The molecule has 0 aromatic heterocycles. The van der Waals surface area contributed by atoms with Crippen molar-refractivity contribution in [3.63, 3.8) is 0 Å². The maximum Gasteiger partial charge on any atom is 0.191 e. The fraction of sp³-hybridized carbons (Fsp3) is 0.938. The molecule has 0 radical (unpaired) electrons. The van der Waals surface area contributed by atoms with Crippen LogP contribution in [0.15, 0.2) is 4.99 Å². The van der Waals surface area contributed by atoms with Crippen LogP contribution in [0.3, 0.4) is 0 Å². The Morgan fingerprint density at radius 1 is 1.30 bits per heavy atom. The molecule has 4 aliphatic rings. The molecule has 2 saturated heterocycles. The quantitative estimate of drug-likeness (QED) is 0.589. The van der Waals surface area contributed by atoms with Crippen molar-refractivity contribution in [2.24, 2.45) is 28.0 Å². The molecule has 2 aliphatic heterocycles. The van der Waals surface area contributed by atoms with Crippen molar-refractivity contribution in [3.8, 4) is 0 Å². The number of ether oxygens (including phenoxy) is 1. The van der Waals surface area contributed by atoms with Crippen molar-refractivity contribution in [1.82, 2.24) is 4.90 Å². The maximum atomic E-state index is 6.34. The SMILES string of the molecule is CC1CCCN(C(N)=NC2C3CCOC3C23CCC3)C1. The summed E-state index contributed by atoms with van der Waals surface area (Å²) >= 11 is 0. The van der Waals surface area contributed by atoms with Crippen LogP contribution in [0.25, 0.3) is 0 Å². The summed E-state index contributed by atoms with van der Waals surface area (Å²) in [4.78, 5) is 7.31. The average Bonchev–Trinajstić information content (AvgIpc) is 2.79. The Bertz CT molecular complexity index is 418. The molecule has 0 amide bonds. The van der Waals surface area contributed by atoms with Gasteiger partial charge in [-0.1, -0.05) is 13.3 Å². The van der Waals surface area contributed by atoms with Crippen LogP contribution in [0.1, 0.15) is 45.4 Å². The van der Waals surface area contributed by atoms with E-state index in [1.807, 2.05) is 0 Å². The minimum absolute atomic E-state index is 0.368. The number of rotatable bonds is 1. The van der Waals surface area contributed by atoms with Gasteiger partial charge in [-0.15, -0.1) is 0 Å². The summed E-state index contributed by atoms with van der Waals surface area (Å²) in [5.41, 5.74) is 6.71. The predicted octanol–water partition coefficient (Wildman–Crippen LogP) is 1.99. The normalized spacial score (nSPS) is 43.0. The second kappa shape index (κ2) is 4.62. The molecule has 4 fully saturated rings. The van der Waals surface area contributed by atoms with E-state index in [9.17, 15) is 0 Å². The van der Waals surface area contributed by atoms with Crippen LogP contribution in [0.5, 0.6) is 0 Å². The number of guanidine groups is 1. The van der Waals surface area contributed by atoms with Gasteiger partial charge in [-0.25, -0.2) is 4.99 Å². The summed E-state index contributed by atoms with van der Waals surface area (Å²) in [6.45, 7) is 5.42. The Labute approximate surface area is 121 Å². The molecule has 2 aliphatic carbocycles. The first-order valence-corrected chi connectivity index (χ1v) is 8.40. The molecule has 2 saturated carbocycles. The van der Waals surface area contributed by atoms with Gasteiger partial charge in [-0.2, -0.15) is 0 Å². The number of piperidine rings is 1. The minimum Gasteiger partial charge on any atom is -0.377 e. The zero-order valence-corrected chi connectivity index (χ0v) is 12.6. The molecule has 2 N–H and O–H groups in total. The van der Waals surface area contributed by atoms with Crippen LogP contribution in [-0.2, 0) is 4.74 Å². The van der Waals surface area contributed by atoms with Gasteiger partial charge in [-0.3, -0.25) is 0 Å². The molecule has 4 rings (SSSR count). The Balaban J connectivity index is 1.50. The highest BCUT2D eigenvalue weighted by Crippen LogP contribution is 2.64. The summed E-state index contributed by atoms with van der Waals surface area (Å²) in [6, 6.07) is 0.445. The van der Waals surface area contributed by atoms with Crippen molar-refractivity contribution < 1.29 is 4.74 Å². The van der Waals surface area contributed by atoms with Crippen molar-refractivity contribution >= 4 is 5.96 Å². The third-order valence-electron chi connectivity index (χ3n) is 6.24. The summed E-state index contributed by atoms with van der Waals surface area (Å²) in [7, 11) is 0. The second-order valence-electron chi connectivity index (χ2n) is 7.46. The topological polar surface area (TPSA) is 50.8 Å². The Morgan fingerprint density at radius 3 is 2.85 bits per heavy atom. The lowest BCUT2D eigenvalue weighted by Gasteiger charge is -2.61. The molecule has 112 valence electrons. The first kappa shape index (κ1) is 12.9. The highest BCUT2D eigenvalue weighted by atomic mass is 16.5. The van der Waals surface area contributed by atoms with E-state index >= 15 is 0 Å². The smallest absolute Gasteiger partial charge is 0.191 e. The van der Waals surface area contributed by atoms with Crippen LogP contribution < -0.4 is 5.73 Å². The first-order chi connectivity index (χ1) is 9.71. The van der Waals surface area contributed by atoms with Crippen molar-refractivity contribution in [3.05, 3.63) is 0 Å². The molecule has 4 unspecified atom stereocenters. The fourth-order valence-corrected chi connectivity index (χ4v) is 5.01. The van der Waals surface area contributed by atoms with Gasteiger partial charge in [0.1, 0.15) is 0 Å². The van der Waals surface area contributed by atoms with E-state index in [0.29, 0.717) is 23.5 Å². The highest BCUT2D eigenvalue weighted by molar-refractivity contribution is 5.78. The van der Waals surface area contributed by atoms with Gasteiger partial charge in [0.15, 0.2) is 5.96 Å². The molecule has 1 spiro atoms. The number of likely N-dealkylation sites (tertiary alicyclic amines) is 1. The van der Waals surface area contributed by atoms with E-state index in [4.69, 9.17) is 15.5 Å². The molecule has 20 heavy (non-hydrogen) atoms. The van der Waals surface area contributed by atoms with Crippen LogP contribution in [0, 0.1) is 17.3 Å². The lowest BCUT2D eigenvalue weighted by atomic mass is 9.46. The van der Waals surface area contributed by atoms with E-state index in [1.54, 1.807) is 0 Å². The largest absolute Gasteiger partial charge is 0.377 e. The molecular weight excluding hydrogens is 250 g/mol. The zero-order chi connectivity index (χ0) is 13.7. The van der Waals surface area contributed by atoms with Crippen LogP contribution in [0.2, 0.25) is 0 Å². The van der Waals surface area contributed by atoms with E-state index in [0.717, 1.165) is 31.6 Å². The second-order valence-corrected chi connectivity index (χ2v) is 7.46. The summed E-state index contributed by atoms with van der Waals surface area (Å²) in [5, 5.41) is 0. The number of hydrogen-bond acceptors (Lipinski definition) is 2. The molecular formula is C16H27N3O. The highest BCUT2D eigenvalue weighted by Gasteiger charge is 2.66. The van der Waals surface area contributed by atoms with Gasteiger partial charge in [0.05, 0.1) is 12.1 Å². The number of nitrogens with two attached hydrogens (primary N) is 1. The summed E-state index contributed by atoms with van der Waals surface area (Å²) in [5.74, 6) is 2.20. The zero-order valence-electron chi connectivity index (χ0n) is 12.6. The first-order valence-electron chi connectivity index (χ1n) is 8.40. The van der Waals surface area contributed by atoms with Crippen molar-refractivity contribution in [2.75, 3.05) is 19.7 Å². The Morgan fingerprint density at radius 2 is 2.15 bits per heavy atom. The van der Waals surface area contributed by atoms with E-state index in [1.165, 1.54) is 38.5 Å². The van der Waals surface area contributed by atoms with Crippen molar-refractivity contribution in [2.45, 2.75) is 57.6 Å². The van der Waals surface area contributed by atoms with Crippen LogP contribution in [-0.4, -0.2) is 42.7 Å². The summed E-state index contributed by atoms with van der Waals surface area (Å²) in [6.07, 6.45) is 8.21. The van der Waals surface area contributed by atoms with Crippen LogP contribution in [0.4, 0.5) is 0 Å². The molecule has 0 bridgehead atoms. The third-order valence-corrected chi connectivity index (χ3v) is 6.24. The molecule has 4 nitrogen and oxygen atoms in total. The average molecular weight is 277 g/mol. The Hall–Kier alpha value is -0.770. The third kappa shape index (κ3) is 1.73. The summed E-state index contributed by atoms with van der Waals surface area (Å²) < 4.78 is 5.96. The molecule has 2 heterocycles. The Kier molecular flexibility index (Phi) is 2.99. The van der Waals surface area contributed by atoms with Gasteiger partial charge in [0, 0.05) is 31.0 Å². The maximum absolute atomic E-state index is 6.34. The van der Waals surface area contributed by atoms with E-state index in [2.05, 4.69) is 11.8 Å². The number of aliphatic imine (C=N–C) groups is 1. The lowest BCUT2D eigenvalue weighted by molar-refractivity contribution is -0.164. The molecule has 4 atom stereocenters. The molecule has 0 aromatic carbocycles. The van der Waals surface area contributed by atoms with Gasteiger partial charge in [0.25, 0.3) is 0 Å². The molecule has 4 heteroatoms. The van der Waals surface area contributed by atoms with Crippen molar-refractivity contribution in [1.29, 1.82) is 0 Å². The number of fused-ring (bicyclic) bond motifs is 2. The fourth-order valence-electron chi connectivity index (χ4n) is 5.01. The number of nitrogens with zero attached hydrogens (tertiary/aromatic N) is 2. The van der Waals surface area contributed by atoms with Gasteiger partial charge < -0.3 is 15.4 Å². The van der Waals surface area contributed by atoms with Gasteiger partial charge in [0.2, 0.25) is 0 Å². The van der Waals surface area contributed by atoms with E-state index < -0.39 is 0 Å². The lowest BCUT2D eigenvalue weighted by Crippen LogP contribution is -2.66.